The maximum atomic E-state index is 14.6. The fourth-order valence-electron chi connectivity index (χ4n) is 1.87. The van der Waals surface area contributed by atoms with Crippen molar-refractivity contribution in [3.05, 3.63) is 35.1 Å². The highest BCUT2D eigenvalue weighted by molar-refractivity contribution is 7.99. The number of likely N-dealkylation sites (N-methyl/N-ethyl adjacent to an activating group) is 1. The van der Waals surface area contributed by atoms with Crippen LogP contribution in [0.15, 0.2) is 22.6 Å². The van der Waals surface area contributed by atoms with Crippen molar-refractivity contribution < 1.29 is 17.9 Å². The molecule has 0 aromatic heterocycles. The SMILES string of the molecule is C/C(=N/SC(C)(C)C)c1cccc(C(F)(F)COCCN(C)C)c1F. The van der Waals surface area contributed by atoms with Crippen LogP contribution < -0.4 is 0 Å². The predicted octanol–water partition coefficient (Wildman–Crippen LogP) is 4.75. The summed E-state index contributed by atoms with van der Waals surface area (Å²) in [5.41, 5.74) is -0.198. The number of alkyl halides is 2. The van der Waals surface area contributed by atoms with Crippen molar-refractivity contribution in [2.24, 2.45) is 4.40 Å². The largest absolute Gasteiger partial charge is 0.373 e. The van der Waals surface area contributed by atoms with E-state index in [1.54, 1.807) is 6.92 Å². The molecule has 0 fully saturated rings. The van der Waals surface area contributed by atoms with Gasteiger partial charge in [-0.1, -0.05) is 12.1 Å². The maximum Gasteiger partial charge on any atom is 0.298 e. The van der Waals surface area contributed by atoms with Gasteiger partial charge in [0.25, 0.3) is 5.92 Å². The summed E-state index contributed by atoms with van der Waals surface area (Å²) in [5, 5.41) is 0. The second kappa shape index (κ2) is 9.05. The Balaban J connectivity index is 2.95. The Morgan fingerprint density at radius 1 is 1.24 bits per heavy atom. The summed E-state index contributed by atoms with van der Waals surface area (Å²) in [6, 6.07) is 3.98. The summed E-state index contributed by atoms with van der Waals surface area (Å²) in [5.74, 6) is -4.34. The van der Waals surface area contributed by atoms with Gasteiger partial charge in [0, 0.05) is 16.9 Å². The van der Waals surface area contributed by atoms with E-state index in [0.29, 0.717) is 12.3 Å². The molecule has 3 nitrogen and oxygen atoms in total. The van der Waals surface area contributed by atoms with Gasteiger partial charge in [-0.25, -0.2) is 8.79 Å². The van der Waals surface area contributed by atoms with Crippen LogP contribution >= 0.6 is 11.9 Å². The zero-order valence-corrected chi connectivity index (χ0v) is 16.5. The van der Waals surface area contributed by atoms with E-state index in [1.807, 2.05) is 39.8 Å². The van der Waals surface area contributed by atoms with E-state index in [2.05, 4.69) is 4.40 Å². The third kappa shape index (κ3) is 7.38. The van der Waals surface area contributed by atoms with Crippen LogP contribution in [-0.2, 0) is 10.7 Å². The van der Waals surface area contributed by atoms with Gasteiger partial charge in [-0.3, -0.25) is 0 Å². The summed E-state index contributed by atoms with van der Waals surface area (Å²) in [7, 11) is 3.64. The first-order valence-corrected chi connectivity index (χ1v) is 8.84. The van der Waals surface area contributed by atoms with Gasteiger partial charge in [0.2, 0.25) is 0 Å². The van der Waals surface area contributed by atoms with Crippen molar-refractivity contribution in [1.29, 1.82) is 0 Å². The van der Waals surface area contributed by atoms with Crippen molar-refractivity contribution in [3.63, 3.8) is 0 Å². The van der Waals surface area contributed by atoms with Gasteiger partial charge >= 0.3 is 0 Å². The molecular formula is C18H27F3N2OS. The van der Waals surface area contributed by atoms with Gasteiger partial charge in [-0.15, -0.1) is 0 Å². The normalized spacial score (nSPS) is 13.6. The van der Waals surface area contributed by atoms with E-state index in [-0.39, 0.29) is 16.9 Å². The summed E-state index contributed by atoms with van der Waals surface area (Å²) in [4.78, 5) is 1.83. The first-order chi connectivity index (χ1) is 11.4. The maximum absolute atomic E-state index is 14.6. The van der Waals surface area contributed by atoms with Gasteiger partial charge in [0.1, 0.15) is 12.4 Å². The number of rotatable bonds is 8. The molecule has 0 spiro atoms. The van der Waals surface area contributed by atoms with Crippen LogP contribution in [0.4, 0.5) is 13.2 Å². The molecule has 0 unspecified atom stereocenters. The Hall–Kier alpha value is -1.05. The molecule has 0 saturated heterocycles. The molecule has 1 aromatic rings. The van der Waals surface area contributed by atoms with Gasteiger partial charge in [0.15, 0.2) is 0 Å². The number of hydrogen-bond donors (Lipinski definition) is 0. The zero-order valence-electron chi connectivity index (χ0n) is 15.7. The van der Waals surface area contributed by atoms with Crippen LogP contribution in [0.3, 0.4) is 0 Å². The fraction of sp³-hybridized carbons (Fsp3) is 0.611. The minimum atomic E-state index is -3.40. The highest BCUT2D eigenvalue weighted by Gasteiger charge is 2.36. The smallest absolute Gasteiger partial charge is 0.298 e. The number of benzene rings is 1. The monoisotopic (exact) mass is 376 g/mol. The lowest BCUT2D eigenvalue weighted by Crippen LogP contribution is -2.26. The molecule has 1 rings (SSSR count). The minimum absolute atomic E-state index is 0.0854. The third-order valence-corrected chi connectivity index (χ3v) is 4.12. The summed E-state index contributed by atoms with van der Waals surface area (Å²) < 4.78 is 52.4. The molecule has 1 aromatic carbocycles. The zero-order chi connectivity index (χ0) is 19.3. The highest BCUT2D eigenvalue weighted by Crippen LogP contribution is 2.32. The lowest BCUT2D eigenvalue weighted by molar-refractivity contribution is -0.0861. The first-order valence-electron chi connectivity index (χ1n) is 8.06. The highest BCUT2D eigenvalue weighted by atomic mass is 32.2. The van der Waals surface area contributed by atoms with Crippen LogP contribution in [0, 0.1) is 5.82 Å². The minimum Gasteiger partial charge on any atom is -0.373 e. The van der Waals surface area contributed by atoms with Crippen LogP contribution in [0.25, 0.3) is 0 Å². The van der Waals surface area contributed by atoms with E-state index >= 15 is 0 Å². The molecule has 0 radical (unpaired) electrons. The standard InChI is InChI=1S/C18H27F3N2OS/c1-13(22-25-17(2,3)4)14-8-7-9-15(16(14)19)18(20,21)12-24-11-10-23(5)6/h7-9H,10-12H2,1-6H3/b22-13-. The molecule has 142 valence electrons. The molecule has 0 saturated carbocycles. The van der Waals surface area contributed by atoms with Crippen molar-refractivity contribution in [1.82, 2.24) is 4.90 Å². The molecule has 25 heavy (non-hydrogen) atoms. The Morgan fingerprint density at radius 2 is 1.88 bits per heavy atom. The van der Waals surface area contributed by atoms with Crippen molar-refractivity contribution in [2.45, 2.75) is 38.4 Å². The molecule has 0 N–H and O–H groups in total. The summed E-state index contributed by atoms with van der Waals surface area (Å²) >= 11 is 1.28. The van der Waals surface area contributed by atoms with E-state index in [4.69, 9.17) is 4.74 Å². The van der Waals surface area contributed by atoms with Crippen LogP contribution in [0.5, 0.6) is 0 Å². The van der Waals surface area contributed by atoms with Crippen molar-refractivity contribution >= 4 is 17.7 Å². The van der Waals surface area contributed by atoms with Crippen LogP contribution in [0.2, 0.25) is 0 Å². The summed E-state index contributed by atoms with van der Waals surface area (Å²) in [6.45, 7) is 7.36. The number of halogens is 3. The van der Waals surface area contributed by atoms with Crippen molar-refractivity contribution in [2.75, 3.05) is 33.9 Å². The second-order valence-corrected chi connectivity index (χ2v) is 8.70. The number of ether oxygens (including phenoxy) is 1. The van der Waals surface area contributed by atoms with Gasteiger partial charge in [-0.05, 0) is 59.8 Å². The Kier molecular flexibility index (Phi) is 7.96. The lowest BCUT2D eigenvalue weighted by atomic mass is 10.0. The second-order valence-electron chi connectivity index (χ2n) is 7.11. The predicted molar refractivity (Wildman–Crippen MR) is 99.2 cm³/mol. The fourth-order valence-corrected chi connectivity index (χ4v) is 2.38. The van der Waals surface area contributed by atoms with E-state index in [1.165, 1.54) is 24.1 Å². The molecule has 0 amide bonds. The van der Waals surface area contributed by atoms with Gasteiger partial charge in [-0.2, -0.15) is 8.78 Å². The topological polar surface area (TPSA) is 24.8 Å². The Morgan fingerprint density at radius 3 is 2.44 bits per heavy atom. The molecule has 0 aliphatic heterocycles. The average Bonchev–Trinajstić information content (AvgIpc) is 2.48. The molecule has 0 heterocycles. The Bertz CT molecular complexity index is 598. The molecule has 7 heteroatoms. The lowest BCUT2D eigenvalue weighted by Gasteiger charge is -2.20. The van der Waals surface area contributed by atoms with Gasteiger partial charge < -0.3 is 9.64 Å². The summed E-state index contributed by atoms with van der Waals surface area (Å²) in [6.07, 6.45) is 0. The molecule has 0 bridgehead atoms. The van der Waals surface area contributed by atoms with E-state index in [9.17, 15) is 13.2 Å². The average molecular weight is 376 g/mol. The van der Waals surface area contributed by atoms with Gasteiger partial charge in [0.05, 0.1) is 17.9 Å². The quantitative estimate of drug-likeness (QED) is 0.372. The van der Waals surface area contributed by atoms with E-state index < -0.39 is 23.9 Å². The number of nitrogens with zero attached hydrogens (tertiary/aromatic N) is 2. The molecule has 0 aliphatic carbocycles. The Labute approximate surface area is 152 Å². The van der Waals surface area contributed by atoms with Crippen LogP contribution in [-0.4, -0.2) is 49.2 Å². The molecule has 0 aliphatic rings. The first kappa shape index (κ1) is 22.0. The van der Waals surface area contributed by atoms with Crippen molar-refractivity contribution in [3.8, 4) is 0 Å². The molecular weight excluding hydrogens is 349 g/mol. The van der Waals surface area contributed by atoms with Crippen LogP contribution in [0.1, 0.15) is 38.8 Å². The molecule has 0 atom stereocenters. The van der Waals surface area contributed by atoms with E-state index in [0.717, 1.165) is 6.07 Å². The third-order valence-electron chi connectivity index (χ3n) is 3.21. The number of hydrogen-bond acceptors (Lipinski definition) is 4.